The van der Waals surface area contributed by atoms with Crippen LogP contribution in [0.2, 0.25) is 0 Å². The minimum absolute atomic E-state index is 0.798. The van der Waals surface area contributed by atoms with Gasteiger partial charge < -0.3 is 4.98 Å². The van der Waals surface area contributed by atoms with Gasteiger partial charge in [-0.05, 0) is 36.1 Å². The zero-order valence-electron chi connectivity index (χ0n) is 8.13. The van der Waals surface area contributed by atoms with Crippen molar-refractivity contribution in [2.75, 3.05) is 0 Å². The second-order valence-corrected chi connectivity index (χ2v) is 2.91. The Labute approximate surface area is 78.7 Å². The second kappa shape index (κ2) is 4.65. The fraction of sp³-hybridized carbons (Fsp3) is 0.364. The van der Waals surface area contributed by atoms with E-state index in [9.17, 15) is 4.79 Å². The van der Waals surface area contributed by atoms with Crippen molar-refractivity contribution in [3.8, 4) is 0 Å². The minimum atomic E-state index is 0.798. The number of hydrogen-bond donors (Lipinski definition) is 1. The first-order valence-electron chi connectivity index (χ1n) is 4.64. The second-order valence-electron chi connectivity index (χ2n) is 2.91. The highest BCUT2D eigenvalue weighted by molar-refractivity contribution is 5.74. The lowest BCUT2D eigenvalue weighted by atomic mass is 10.1. The van der Waals surface area contributed by atoms with E-state index in [1.165, 1.54) is 17.2 Å². The summed E-state index contributed by atoms with van der Waals surface area (Å²) in [5, 5.41) is 0. The Morgan fingerprint density at radius 3 is 2.69 bits per heavy atom. The van der Waals surface area contributed by atoms with Crippen LogP contribution in [0.3, 0.4) is 0 Å². The lowest BCUT2D eigenvalue weighted by Gasteiger charge is -1.98. The number of allylic oxidation sites excluding steroid dienone is 1. The Balaban J connectivity index is 3.00. The Morgan fingerprint density at radius 1 is 1.38 bits per heavy atom. The zero-order valence-corrected chi connectivity index (χ0v) is 8.13. The standard InChI is InChI=1S/C11H15NO/c1-3-9-8-12-11(6-5-7-13)10(9)4-2/h5-8,12H,3-4H2,1-2H3. The minimum Gasteiger partial charge on any atom is -0.361 e. The molecule has 0 amide bonds. The lowest BCUT2D eigenvalue weighted by molar-refractivity contribution is -0.104. The highest BCUT2D eigenvalue weighted by atomic mass is 16.1. The molecule has 1 heterocycles. The fourth-order valence-corrected chi connectivity index (χ4v) is 1.53. The van der Waals surface area contributed by atoms with Gasteiger partial charge in [0.2, 0.25) is 0 Å². The molecule has 70 valence electrons. The average molecular weight is 177 g/mol. The monoisotopic (exact) mass is 177 g/mol. The SMILES string of the molecule is CCc1c[nH]c(C=CC=O)c1CC. The number of nitrogens with one attached hydrogen (secondary N) is 1. The van der Waals surface area contributed by atoms with Crippen LogP contribution in [0.25, 0.3) is 6.08 Å². The molecule has 0 radical (unpaired) electrons. The van der Waals surface area contributed by atoms with Crippen LogP contribution in [-0.4, -0.2) is 11.3 Å². The molecule has 1 aromatic heterocycles. The van der Waals surface area contributed by atoms with Crippen LogP contribution in [0.15, 0.2) is 12.3 Å². The van der Waals surface area contributed by atoms with Gasteiger partial charge in [0.1, 0.15) is 6.29 Å². The normalized spacial score (nSPS) is 10.9. The lowest BCUT2D eigenvalue weighted by Crippen LogP contribution is -1.87. The van der Waals surface area contributed by atoms with Gasteiger partial charge in [-0.3, -0.25) is 4.79 Å². The van der Waals surface area contributed by atoms with Crippen molar-refractivity contribution in [1.82, 2.24) is 4.98 Å². The molecule has 0 aliphatic carbocycles. The molecule has 0 saturated carbocycles. The fourth-order valence-electron chi connectivity index (χ4n) is 1.53. The number of rotatable bonds is 4. The third kappa shape index (κ3) is 2.08. The van der Waals surface area contributed by atoms with E-state index in [0.717, 1.165) is 24.8 Å². The van der Waals surface area contributed by atoms with Crippen LogP contribution in [0, 0.1) is 0 Å². The Hall–Kier alpha value is -1.31. The van der Waals surface area contributed by atoms with E-state index in [1.54, 1.807) is 0 Å². The number of aromatic amines is 1. The van der Waals surface area contributed by atoms with Crippen LogP contribution in [0.1, 0.15) is 30.7 Å². The molecule has 13 heavy (non-hydrogen) atoms. The predicted molar refractivity (Wildman–Crippen MR) is 54.6 cm³/mol. The van der Waals surface area contributed by atoms with E-state index in [4.69, 9.17) is 0 Å². The Morgan fingerprint density at radius 2 is 2.15 bits per heavy atom. The molecule has 0 spiro atoms. The largest absolute Gasteiger partial charge is 0.361 e. The first-order valence-corrected chi connectivity index (χ1v) is 4.64. The van der Waals surface area contributed by atoms with E-state index >= 15 is 0 Å². The number of carbonyl (C=O) groups excluding carboxylic acids is 1. The topological polar surface area (TPSA) is 32.9 Å². The summed E-state index contributed by atoms with van der Waals surface area (Å²) in [6.07, 6.45) is 8.20. The molecule has 0 aromatic carbocycles. The first-order chi connectivity index (χ1) is 6.33. The third-order valence-electron chi connectivity index (χ3n) is 2.19. The number of carbonyl (C=O) groups is 1. The molecule has 0 atom stereocenters. The molecular weight excluding hydrogens is 162 g/mol. The maximum Gasteiger partial charge on any atom is 0.142 e. The van der Waals surface area contributed by atoms with Crippen molar-refractivity contribution in [2.45, 2.75) is 26.7 Å². The van der Waals surface area contributed by atoms with E-state index in [-0.39, 0.29) is 0 Å². The Kier molecular flexibility index (Phi) is 3.50. The molecule has 2 nitrogen and oxygen atoms in total. The van der Waals surface area contributed by atoms with Gasteiger partial charge in [-0.1, -0.05) is 13.8 Å². The van der Waals surface area contributed by atoms with E-state index < -0.39 is 0 Å². The van der Waals surface area contributed by atoms with Crippen LogP contribution in [0.5, 0.6) is 0 Å². The third-order valence-corrected chi connectivity index (χ3v) is 2.19. The number of hydrogen-bond acceptors (Lipinski definition) is 1. The van der Waals surface area contributed by atoms with Crippen LogP contribution >= 0.6 is 0 Å². The smallest absolute Gasteiger partial charge is 0.142 e. The van der Waals surface area contributed by atoms with Crippen molar-refractivity contribution in [3.05, 3.63) is 29.1 Å². The maximum atomic E-state index is 10.2. The highest BCUT2D eigenvalue weighted by Gasteiger charge is 2.04. The van der Waals surface area contributed by atoms with Gasteiger partial charge in [-0.25, -0.2) is 0 Å². The number of H-pyrrole nitrogens is 1. The molecule has 0 bridgehead atoms. The Bertz CT molecular complexity index is 310. The van der Waals surface area contributed by atoms with Crippen LogP contribution in [-0.2, 0) is 17.6 Å². The zero-order chi connectivity index (χ0) is 9.68. The van der Waals surface area contributed by atoms with Gasteiger partial charge in [-0.2, -0.15) is 0 Å². The summed E-state index contributed by atoms with van der Waals surface area (Å²) < 4.78 is 0. The van der Waals surface area contributed by atoms with Crippen LogP contribution < -0.4 is 0 Å². The van der Waals surface area contributed by atoms with Crippen molar-refractivity contribution in [1.29, 1.82) is 0 Å². The number of aldehydes is 1. The molecular formula is C11H15NO. The molecule has 0 aliphatic rings. The summed E-state index contributed by atoms with van der Waals surface area (Å²) in [5.74, 6) is 0. The number of aromatic nitrogens is 1. The molecule has 0 aliphatic heterocycles. The molecule has 1 N–H and O–H groups in total. The summed E-state index contributed by atoms with van der Waals surface area (Å²) in [6, 6.07) is 0. The van der Waals surface area contributed by atoms with E-state index in [1.807, 2.05) is 12.3 Å². The van der Waals surface area contributed by atoms with Gasteiger partial charge >= 0.3 is 0 Å². The highest BCUT2D eigenvalue weighted by Crippen LogP contribution is 2.16. The summed E-state index contributed by atoms with van der Waals surface area (Å²) in [7, 11) is 0. The van der Waals surface area contributed by atoms with Gasteiger partial charge in [0.05, 0.1) is 0 Å². The molecule has 1 rings (SSSR count). The van der Waals surface area contributed by atoms with E-state index in [2.05, 4.69) is 18.8 Å². The maximum absolute atomic E-state index is 10.2. The molecule has 0 fully saturated rings. The first kappa shape index (κ1) is 9.78. The van der Waals surface area contributed by atoms with Crippen LogP contribution in [0.4, 0.5) is 0 Å². The van der Waals surface area contributed by atoms with Crippen molar-refractivity contribution >= 4 is 12.4 Å². The van der Waals surface area contributed by atoms with Gasteiger partial charge in [0, 0.05) is 11.9 Å². The van der Waals surface area contributed by atoms with Crippen molar-refractivity contribution < 1.29 is 4.79 Å². The predicted octanol–water partition coefficient (Wildman–Crippen LogP) is 2.35. The molecule has 0 saturated heterocycles. The number of aryl methyl sites for hydroxylation is 1. The quantitative estimate of drug-likeness (QED) is 0.555. The average Bonchev–Trinajstić information content (AvgIpc) is 2.56. The van der Waals surface area contributed by atoms with Crippen molar-refractivity contribution in [2.24, 2.45) is 0 Å². The molecule has 0 unspecified atom stereocenters. The van der Waals surface area contributed by atoms with Gasteiger partial charge in [0.25, 0.3) is 0 Å². The van der Waals surface area contributed by atoms with Gasteiger partial charge in [0.15, 0.2) is 0 Å². The summed E-state index contributed by atoms with van der Waals surface area (Å²) >= 11 is 0. The summed E-state index contributed by atoms with van der Waals surface area (Å²) in [6.45, 7) is 4.26. The summed E-state index contributed by atoms with van der Waals surface area (Å²) in [4.78, 5) is 13.3. The van der Waals surface area contributed by atoms with Gasteiger partial charge in [-0.15, -0.1) is 0 Å². The molecule has 2 heteroatoms. The molecule has 1 aromatic rings. The summed E-state index contributed by atoms with van der Waals surface area (Å²) in [5.41, 5.74) is 3.72. The van der Waals surface area contributed by atoms with Crippen molar-refractivity contribution in [3.63, 3.8) is 0 Å². The van der Waals surface area contributed by atoms with E-state index in [0.29, 0.717) is 0 Å².